The van der Waals surface area contributed by atoms with Gasteiger partial charge < -0.3 is 24.7 Å². The molecule has 8 nitrogen and oxygen atoms in total. The van der Waals surface area contributed by atoms with Gasteiger partial charge in [0.05, 0.1) is 19.3 Å². The van der Waals surface area contributed by atoms with Crippen LogP contribution in [0.1, 0.15) is 65.3 Å². The molecule has 1 aliphatic heterocycles. The molecule has 1 saturated heterocycles. The molecule has 0 unspecified atom stereocenters. The van der Waals surface area contributed by atoms with Crippen molar-refractivity contribution in [1.82, 2.24) is 9.97 Å². The zero-order valence-electron chi connectivity index (χ0n) is 17.9. The molecule has 2 heterocycles. The number of aromatic amines is 1. The lowest BCUT2D eigenvalue weighted by Gasteiger charge is -2.28. The number of hydrogen-bond acceptors (Lipinski definition) is 7. The molecule has 1 aromatic carbocycles. The van der Waals surface area contributed by atoms with E-state index in [4.69, 9.17) is 14.6 Å². The number of carbonyl (C=O) groups excluding carboxylic acids is 1. The Morgan fingerprint density at radius 3 is 2.50 bits per heavy atom. The van der Waals surface area contributed by atoms with Gasteiger partial charge in [0.25, 0.3) is 5.56 Å². The number of aromatic nitrogens is 2. The topological polar surface area (TPSA) is 122 Å². The van der Waals surface area contributed by atoms with E-state index in [2.05, 4.69) is 48.9 Å². The summed E-state index contributed by atoms with van der Waals surface area (Å²) in [5.74, 6) is -1.48. The predicted octanol–water partition coefficient (Wildman–Crippen LogP) is 2.87. The summed E-state index contributed by atoms with van der Waals surface area (Å²) < 4.78 is 10.3. The summed E-state index contributed by atoms with van der Waals surface area (Å²) >= 11 is 0. The van der Waals surface area contributed by atoms with Crippen molar-refractivity contribution in [3.05, 3.63) is 56.8 Å². The average Bonchev–Trinajstić information content (AvgIpc) is 2.74. The van der Waals surface area contributed by atoms with Gasteiger partial charge in [0.1, 0.15) is 11.9 Å². The Kier molecular flexibility index (Phi) is 8.56. The molecule has 1 fully saturated rings. The van der Waals surface area contributed by atoms with E-state index < -0.39 is 29.1 Å². The second kappa shape index (κ2) is 10.9. The molecule has 164 valence electrons. The van der Waals surface area contributed by atoms with Crippen molar-refractivity contribution in [2.45, 2.75) is 59.2 Å². The first-order valence-electron chi connectivity index (χ1n) is 10.1. The second-order valence-corrected chi connectivity index (χ2v) is 7.25. The summed E-state index contributed by atoms with van der Waals surface area (Å²) in [6.07, 6.45) is 1.27. The van der Waals surface area contributed by atoms with Gasteiger partial charge in [-0.3, -0.25) is 4.79 Å². The molecule has 0 aliphatic carbocycles. The molecule has 0 amide bonds. The van der Waals surface area contributed by atoms with Crippen LogP contribution in [0.15, 0.2) is 23.0 Å². The first-order valence-corrected chi connectivity index (χ1v) is 10.1. The number of nitrogens with one attached hydrogen (secondary N) is 1. The molecule has 0 saturated carbocycles. The zero-order chi connectivity index (χ0) is 22.3. The largest absolute Gasteiger partial charge is 0.501 e. The molecule has 0 radical (unpaired) electrons. The summed E-state index contributed by atoms with van der Waals surface area (Å²) in [5.41, 5.74) is 2.94. The number of nitrogens with zero attached hydrogens (tertiary/aromatic N) is 1. The van der Waals surface area contributed by atoms with Crippen LogP contribution in [0, 0.1) is 20.8 Å². The Morgan fingerprint density at radius 2 is 1.93 bits per heavy atom. The zero-order valence-corrected chi connectivity index (χ0v) is 17.9. The summed E-state index contributed by atoms with van der Waals surface area (Å²) in [7, 11) is 0. The molecule has 3 rings (SSSR count). The first kappa shape index (κ1) is 23.6. The number of aliphatic hydroxyl groups excluding tert-OH is 1. The van der Waals surface area contributed by atoms with Gasteiger partial charge in [-0.15, -0.1) is 0 Å². The van der Waals surface area contributed by atoms with Crippen LogP contribution < -0.4 is 5.56 Å². The summed E-state index contributed by atoms with van der Waals surface area (Å²) in [4.78, 5) is 29.8. The Morgan fingerprint density at radius 1 is 1.27 bits per heavy atom. The highest BCUT2D eigenvalue weighted by molar-refractivity contribution is 5.89. The quantitative estimate of drug-likeness (QED) is 0.653. The van der Waals surface area contributed by atoms with E-state index in [0.717, 1.165) is 12.8 Å². The van der Waals surface area contributed by atoms with Gasteiger partial charge in [-0.25, -0.2) is 9.78 Å². The molecule has 8 heteroatoms. The van der Waals surface area contributed by atoms with Crippen molar-refractivity contribution >= 4 is 5.97 Å². The SMILES string of the molecule is CCOC(=O)c1nc([C@@H]2CCC[C@@H](CO)O2)[nH]c(=O)c1O.Cc1cccc(C)c1C. The van der Waals surface area contributed by atoms with Gasteiger partial charge in [-0.05, 0) is 63.6 Å². The summed E-state index contributed by atoms with van der Waals surface area (Å²) in [6, 6.07) is 6.38. The van der Waals surface area contributed by atoms with Crippen LogP contribution in [0.25, 0.3) is 0 Å². The highest BCUT2D eigenvalue weighted by atomic mass is 16.5. The number of carbonyl (C=O) groups is 1. The maximum atomic E-state index is 11.7. The number of aliphatic hydroxyl groups is 1. The number of esters is 1. The van der Waals surface area contributed by atoms with Crippen molar-refractivity contribution in [3.63, 3.8) is 0 Å². The lowest BCUT2D eigenvalue weighted by molar-refractivity contribution is -0.0773. The van der Waals surface area contributed by atoms with Gasteiger partial charge in [0.15, 0.2) is 5.69 Å². The van der Waals surface area contributed by atoms with Gasteiger partial charge in [0.2, 0.25) is 5.75 Å². The minimum atomic E-state index is -0.864. The van der Waals surface area contributed by atoms with Crippen molar-refractivity contribution in [2.75, 3.05) is 13.2 Å². The van der Waals surface area contributed by atoms with Crippen LogP contribution in [-0.4, -0.2) is 45.5 Å². The number of aromatic hydroxyl groups is 1. The smallest absolute Gasteiger partial charge is 0.361 e. The maximum absolute atomic E-state index is 11.7. The fraction of sp³-hybridized carbons (Fsp3) is 0.500. The van der Waals surface area contributed by atoms with E-state index in [9.17, 15) is 14.7 Å². The third-order valence-corrected chi connectivity index (χ3v) is 5.12. The Bertz CT molecular complexity index is 904. The van der Waals surface area contributed by atoms with Crippen LogP contribution in [0.3, 0.4) is 0 Å². The first-order chi connectivity index (χ1) is 14.3. The summed E-state index contributed by atoms with van der Waals surface area (Å²) in [5, 5.41) is 18.8. The molecule has 30 heavy (non-hydrogen) atoms. The minimum Gasteiger partial charge on any atom is -0.501 e. The molecule has 0 bridgehead atoms. The lowest BCUT2D eigenvalue weighted by atomic mass is 10.0. The van der Waals surface area contributed by atoms with Gasteiger partial charge in [-0.2, -0.15) is 0 Å². The number of rotatable bonds is 4. The molecule has 2 atom stereocenters. The third kappa shape index (κ3) is 5.90. The van der Waals surface area contributed by atoms with Crippen LogP contribution >= 0.6 is 0 Å². The highest BCUT2D eigenvalue weighted by Crippen LogP contribution is 2.29. The van der Waals surface area contributed by atoms with Gasteiger partial charge >= 0.3 is 5.97 Å². The normalized spacial score (nSPS) is 18.3. The summed E-state index contributed by atoms with van der Waals surface area (Å²) in [6.45, 7) is 8.03. The standard InChI is InChI=1S/C13H18N2O6.C9H12/c1-2-20-13(19)9-10(17)12(18)15-11(14-9)8-5-3-4-7(6-16)21-8;1-7-5-4-6-8(2)9(7)3/h7-8,16-17H,2-6H2,1H3,(H,14,15,18);4-6H,1-3H3/t7-,8-;/m0./s1. The fourth-order valence-corrected chi connectivity index (χ4v) is 3.11. The Balaban J connectivity index is 0.000000297. The Labute approximate surface area is 175 Å². The maximum Gasteiger partial charge on any atom is 0.361 e. The van der Waals surface area contributed by atoms with E-state index in [1.54, 1.807) is 6.92 Å². The highest BCUT2D eigenvalue weighted by Gasteiger charge is 2.27. The molecular weight excluding hydrogens is 388 g/mol. The third-order valence-electron chi connectivity index (χ3n) is 5.12. The number of aryl methyl sites for hydroxylation is 2. The molecule has 3 N–H and O–H groups in total. The van der Waals surface area contributed by atoms with E-state index >= 15 is 0 Å². The number of H-pyrrole nitrogens is 1. The van der Waals surface area contributed by atoms with Crippen LogP contribution in [0.5, 0.6) is 5.75 Å². The lowest BCUT2D eigenvalue weighted by Crippen LogP contribution is -2.28. The Hall–Kier alpha value is -2.71. The average molecular weight is 418 g/mol. The number of ether oxygens (including phenoxy) is 2. The molecule has 2 aromatic rings. The van der Waals surface area contributed by atoms with E-state index in [0.29, 0.717) is 6.42 Å². The van der Waals surface area contributed by atoms with E-state index in [1.165, 1.54) is 16.7 Å². The van der Waals surface area contributed by atoms with Crippen molar-refractivity contribution in [2.24, 2.45) is 0 Å². The molecular formula is C22H30N2O6. The molecule has 1 aromatic heterocycles. The van der Waals surface area contributed by atoms with Gasteiger partial charge in [-0.1, -0.05) is 18.2 Å². The molecule has 1 aliphatic rings. The molecule has 0 spiro atoms. The minimum absolute atomic E-state index is 0.106. The van der Waals surface area contributed by atoms with Crippen molar-refractivity contribution < 1.29 is 24.5 Å². The van der Waals surface area contributed by atoms with Crippen molar-refractivity contribution in [3.8, 4) is 5.75 Å². The van der Waals surface area contributed by atoms with E-state index in [-0.39, 0.29) is 25.1 Å². The van der Waals surface area contributed by atoms with E-state index in [1.807, 2.05) is 0 Å². The number of hydrogen-bond donors (Lipinski definition) is 3. The monoisotopic (exact) mass is 418 g/mol. The fourth-order valence-electron chi connectivity index (χ4n) is 3.11. The number of benzene rings is 1. The predicted molar refractivity (Wildman–Crippen MR) is 112 cm³/mol. The van der Waals surface area contributed by atoms with Crippen molar-refractivity contribution in [1.29, 1.82) is 0 Å². The van der Waals surface area contributed by atoms with Crippen LogP contribution in [0.4, 0.5) is 0 Å². The van der Waals surface area contributed by atoms with Gasteiger partial charge in [0, 0.05) is 0 Å². The second-order valence-electron chi connectivity index (χ2n) is 7.25. The van der Waals surface area contributed by atoms with Crippen LogP contribution in [0.2, 0.25) is 0 Å². The van der Waals surface area contributed by atoms with Crippen LogP contribution in [-0.2, 0) is 9.47 Å².